The summed E-state index contributed by atoms with van der Waals surface area (Å²) in [7, 11) is 1.87. The number of nitrogens with zero attached hydrogens (tertiary/aromatic N) is 1. The molecule has 1 rings (SSSR count). The summed E-state index contributed by atoms with van der Waals surface area (Å²) in [4.78, 5) is 14.3. The van der Waals surface area contributed by atoms with E-state index in [9.17, 15) is 4.79 Å². The van der Waals surface area contributed by atoms with Gasteiger partial charge in [-0.05, 0) is 38.0 Å². The highest BCUT2D eigenvalue weighted by molar-refractivity contribution is 6.30. The summed E-state index contributed by atoms with van der Waals surface area (Å²) in [5.41, 5.74) is 0.493. The van der Waals surface area contributed by atoms with Gasteiger partial charge in [0.25, 0.3) is 0 Å². The minimum atomic E-state index is -0.507. The third-order valence-corrected chi connectivity index (χ3v) is 3.55. The van der Waals surface area contributed by atoms with Crippen LogP contribution in [0.3, 0.4) is 0 Å². The lowest BCUT2D eigenvalue weighted by Crippen LogP contribution is -2.41. The number of benzene rings is 1. The summed E-state index contributed by atoms with van der Waals surface area (Å²) < 4.78 is 0. The van der Waals surface area contributed by atoms with Crippen molar-refractivity contribution in [2.24, 2.45) is 0 Å². The molecule has 0 radical (unpaired) electrons. The first-order valence-electron chi connectivity index (χ1n) is 6.41. The molecule has 0 aliphatic heterocycles. The van der Waals surface area contributed by atoms with Gasteiger partial charge in [-0.25, -0.2) is 0 Å². The van der Waals surface area contributed by atoms with Crippen molar-refractivity contribution in [1.29, 1.82) is 0 Å². The summed E-state index contributed by atoms with van der Waals surface area (Å²) >= 11 is 5.88. The maximum absolute atomic E-state index is 12.4. The molecule has 0 aliphatic carbocycles. The van der Waals surface area contributed by atoms with Crippen molar-refractivity contribution in [3.8, 4) is 0 Å². The first-order valence-corrected chi connectivity index (χ1v) is 6.79. The SMILES string of the molecule is CCCCN(C)C(=O)C(C)(C)c1ccc(Cl)cc1. The molecular weight excluding hydrogens is 246 g/mol. The number of likely N-dealkylation sites (N-methyl/N-ethyl adjacent to an activating group) is 1. The van der Waals surface area contributed by atoms with Gasteiger partial charge in [0.15, 0.2) is 0 Å². The molecule has 0 fully saturated rings. The molecular formula is C15H22ClNO. The van der Waals surface area contributed by atoms with Crippen molar-refractivity contribution >= 4 is 17.5 Å². The van der Waals surface area contributed by atoms with Crippen LogP contribution in [0.15, 0.2) is 24.3 Å². The topological polar surface area (TPSA) is 20.3 Å². The van der Waals surface area contributed by atoms with Crippen LogP contribution in [0.4, 0.5) is 0 Å². The van der Waals surface area contributed by atoms with E-state index >= 15 is 0 Å². The highest BCUT2D eigenvalue weighted by Gasteiger charge is 2.31. The Balaban J connectivity index is 2.84. The Bertz CT molecular complexity index is 397. The molecule has 3 heteroatoms. The van der Waals surface area contributed by atoms with Crippen LogP contribution in [-0.2, 0) is 10.2 Å². The zero-order chi connectivity index (χ0) is 13.8. The fourth-order valence-corrected chi connectivity index (χ4v) is 2.09. The molecule has 0 N–H and O–H groups in total. The Morgan fingerprint density at radius 1 is 1.28 bits per heavy atom. The van der Waals surface area contributed by atoms with Crippen LogP contribution in [0.25, 0.3) is 0 Å². The Kier molecular flexibility index (Phi) is 5.21. The Labute approximate surface area is 115 Å². The van der Waals surface area contributed by atoms with Crippen molar-refractivity contribution < 1.29 is 4.79 Å². The lowest BCUT2D eigenvalue weighted by atomic mass is 9.83. The zero-order valence-corrected chi connectivity index (χ0v) is 12.4. The second-order valence-electron chi connectivity index (χ2n) is 5.21. The quantitative estimate of drug-likeness (QED) is 0.793. The third kappa shape index (κ3) is 3.49. The average molecular weight is 268 g/mol. The predicted octanol–water partition coefficient (Wildman–Crippen LogP) is 3.88. The van der Waals surface area contributed by atoms with Crippen LogP contribution < -0.4 is 0 Å². The molecule has 0 unspecified atom stereocenters. The van der Waals surface area contributed by atoms with Gasteiger partial charge in [0.1, 0.15) is 0 Å². The summed E-state index contributed by atoms with van der Waals surface area (Å²) in [5.74, 6) is 0.151. The molecule has 1 amide bonds. The summed E-state index contributed by atoms with van der Waals surface area (Å²) in [5, 5.41) is 0.696. The van der Waals surface area contributed by atoms with E-state index in [0.717, 1.165) is 24.9 Å². The fraction of sp³-hybridized carbons (Fsp3) is 0.533. The highest BCUT2D eigenvalue weighted by atomic mass is 35.5. The van der Waals surface area contributed by atoms with Gasteiger partial charge in [0.2, 0.25) is 5.91 Å². The molecule has 0 aromatic heterocycles. The second-order valence-corrected chi connectivity index (χ2v) is 5.65. The van der Waals surface area contributed by atoms with Crippen LogP contribution >= 0.6 is 11.6 Å². The lowest BCUT2D eigenvalue weighted by Gasteiger charge is -2.30. The second kappa shape index (κ2) is 6.24. The summed E-state index contributed by atoms with van der Waals surface area (Å²) in [6.07, 6.45) is 2.14. The average Bonchev–Trinajstić information content (AvgIpc) is 2.35. The van der Waals surface area contributed by atoms with Crippen molar-refractivity contribution in [2.75, 3.05) is 13.6 Å². The molecule has 100 valence electrons. The first kappa shape index (κ1) is 15.0. The zero-order valence-electron chi connectivity index (χ0n) is 11.7. The molecule has 0 aliphatic rings. The molecule has 0 bridgehead atoms. The molecule has 1 aromatic carbocycles. The van der Waals surface area contributed by atoms with Crippen molar-refractivity contribution in [3.05, 3.63) is 34.9 Å². The number of halogens is 1. The minimum Gasteiger partial charge on any atom is -0.345 e. The normalized spacial score (nSPS) is 11.4. The van der Waals surface area contributed by atoms with E-state index in [2.05, 4.69) is 6.92 Å². The highest BCUT2D eigenvalue weighted by Crippen LogP contribution is 2.26. The lowest BCUT2D eigenvalue weighted by molar-refractivity contribution is -0.135. The molecule has 0 heterocycles. The molecule has 18 heavy (non-hydrogen) atoms. The first-order chi connectivity index (χ1) is 8.39. The molecule has 0 saturated carbocycles. The van der Waals surface area contributed by atoms with Gasteiger partial charge >= 0.3 is 0 Å². The van der Waals surface area contributed by atoms with Gasteiger partial charge in [0.05, 0.1) is 5.41 Å². The molecule has 1 aromatic rings. The van der Waals surface area contributed by atoms with Crippen LogP contribution in [0.2, 0.25) is 5.02 Å². The number of hydrogen-bond acceptors (Lipinski definition) is 1. The van der Waals surface area contributed by atoms with Crippen LogP contribution in [-0.4, -0.2) is 24.4 Å². The minimum absolute atomic E-state index is 0.151. The van der Waals surface area contributed by atoms with Gasteiger partial charge < -0.3 is 4.90 Å². The maximum atomic E-state index is 12.4. The third-order valence-electron chi connectivity index (χ3n) is 3.29. The van der Waals surface area contributed by atoms with E-state index in [1.54, 1.807) is 0 Å². The fourth-order valence-electron chi connectivity index (χ4n) is 1.96. The predicted molar refractivity (Wildman–Crippen MR) is 77.0 cm³/mol. The van der Waals surface area contributed by atoms with E-state index in [1.807, 2.05) is 50.1 Å². The maximum Gasteiger partial charge on any atom is 0.232 e. The van der Waals surface area contributed by atoms with Crippen molar-refractivity contribution in [2.45, 2.75) is 39.0 Å². The number of rotatable bonds is 5. The van der Waals surface area contributed by atoms with Crippen molar-refractivity contribution in [3.63, 3.8) is 0 Å². The largest absolute Gasteiger partial charge is 0.345 e. The van der Waals surface area contributed by atoms with E-state index < -0.39 is 5.41 Å². The molecule has 0 atom stereocenters. The number of carbonyl (C=O) groups excluding carboxylic acids is 1. The number of unbranched alkanes of at least 4 members (excludes halogenated alkanes) is 1. The van der Waals surface area contributed by atoms with Crippen LogP contribution in [0.5, 0.6) is 0 Å². The Morgan fingerprint density at radius 2 is 1.83 bits per heavy atom. The van der Waals surface area contributed by atoms with Gasteiger partial charge in [0, 0.05) is 18.6 Å². The van der Waals surface area contributed by atoms with Crippen LogP contribution in [0.1, 0.15) is 39.2 Å². The van der Waals surface area contributed by atoms with E-state index in [1.165, 1.54) is 0 Å². The van der Waals surface area contributed by atoms with E-state index in [-0.39, 0.29) is 5.91 Å². The number of carbonyl (C=O) groups is 1. The van der Waals surface area contributed by atoms with Gasteiger partial charge in [-0.2, -0.15) is 0 Å². The van der Waals surface area contributed by atoms with Crippen molar-refractivity contribution in [1.82, 2.24) is 4.90 Å². The Hall–Kier alpha value is -1.02. The van der Waals surface area contributed by atoms with Gasteiger partial charge in [-0.15, -0.1) is 0 Å². The molecule has 2 nitrogen and oxygen atoms in total. The van der Waals surface area contributed by atoms with E-state index in [4.69, 9.17) is 11.6 Å². The van der Waals surface area contributed by atoms with Crippen LogP contribution in [0, 0.1) is 0 Å². The van der Waals surface area contributed by atoms with E-state index in [0.29, 0.717) is 5.02 Å². The smallest absolute Gasteiger partial charge is 0.232 e. The van der Waals surface area contributed by atoms with Gasteiger partial charge in [-0.3, -0.25) is 4.79 Å². The Morgan fingerprint density at radius 3 is 2.33 bits per heavy atom. The molecule has 0 saturated heterocycles. The molecule has 0 spiro atoms. The standard InChI is InChI=1S/C15H22ClNO/c1-5-6-11-17(4)14(18)15(2,3)12-7-9-13(16)10-8-12/h7-10H,5-6,11H2,1-4H3. The summed E-state index contributed by atoms with van der Waals surface area (Å²) in [6, 6.07) is 7.51. The number of hydrogen-bond donors (Lipinski definition) is 0. The summed E-state index contributed by atoms with van der Waals surface area (Å²) in [6.45, 7) is 6.86. The number of amides is 1. The van der Waals surface area contributed by atoms with Gasteiger partial charge in [-0.1, -0.05) is 37.1 Å². The monoisotopic (exact) mass is 267 g/mol.